The van der Waals surface area contributed by atoms with Crippen LogP contribution in [0, 0.1) is 0 Å². The second-order valence-corrected chi connectivity index (χ2v) is 4.19. The van der Waals surface area contributed by atoms with Gasteiger partial charge in [-0.15, -0.1) is 0 Å². The van der Waals surface area contributed by atoms with E-state index in [4.69, 9.17) is 9.47 Å². The van der Waals surface area contributed by atoms with Gasteiger partial charge >= 0.3 is 0 Å². The van der Waals surface area contributed by atoms with Crippen LogP contribution in [0.4, 0.5) is 0 Å². The van der Waals surface area contributed by atoms with Gasteiger partial charge in [0.25, 0.3) is 0 Å². The molecule has 2 rings (SSSR count). The fourth-order valence-corrected chi connectivity index (χ4v) is 2.08. The first kappa shape index (κ1) is 13.7. The summed E-state index contributed by atoms with van der Waals surface area (Å²) in [6.07, 6.45) is 2.15. The lowest BCUT2D eigenvalue weighted by Gasteiger charge is -2.34. The predicted molar refractivity (Wildman–Crippen MR) is 68.2 cm³/mol. The molecule has 0 saturated carbocycles. The van der Waals surface area contributed by atoms with Gasteiger partial charge in [0.05, 0.1) is 6.54 Å². The number of hydrogen-bond donors (Lipinski definition) is 1. The summed E-state index contributed by atoms with van der Waals surface area (Å²) in [5, 5.41) is 15.0. The van der Waals surface area contributed by atoms with Gasteiger partial charge in [0.2, 0.25) is 0 Å². The van der Waals surface area contributed by atoms with E-state index in [1.165, 1.54) is 31.6 Å². The molecule has 0 bridgehead atoms. The quantitative estimate of drug-likeness (QED) is 0.780. The number of aromatic nitrogens is 3. The van der Waals surface area contributed by atoms with Gasteiger partial charge in [0.15, 0.2) is 11.9 Å². The van der Waals surface area contributed by atoms with Crippen LogP contribution >= 0.6 is 0 Å². The maximum Gasteiger partial charge on any atom is 0.191 e. The molecular weight excluding hydrogens is 246 g/mol. The number of aliphatic hydroxyl groups is 1. The lowest BCUT2D eigenvalue weighted by Crippen LogP contribution is -2.45. The Kier molecular flexibility index (Phi) is 4.26. The lowest BCUT2D eigenvalue weighted by atomic mass is 9.93. The zero-order chi connectivity index (χ0) is 13.7. The Hall–Kier alpha value is -1.76. The number of methoxy groups -OCH3 is 2. The lowest BCUT2D eigenvalue weighted by molar-refractivity contribution is -0.226. The van der Waals surface area contributed by atoms with Crippen LogP contribution in [-0.2, 0) is 21.6 Å². The fraction of sp³-hybridized carbons (Fsp3) is 0.385. The van der Waals surface area contributed by atoms with Crippen LogP contribution in [0.3, 0.4) is 0 Å². The maximum absolute atomic E-state index is 11.0. The Bertz CT molecular complexity index is 485. The third kappa shape index (κ3) is 2.81. The minimum atomic E-state index is -1.35. The minimum absolute atomic E-state index is 0.184. The Labute approximate surface area is 111 Å². The number of ether oxygens (including phenoxy) is 2. The van der Waals surface area contributed by atoms with Gasteiger partial charge in [-0.2, -0.15) is 5.10 Å². The highest BCUT2D eigenvalue weighted by Gasteiger charge is 2.40. The molecule has 6 nitrogen and oxygen atoms in total. The molecule has 0 saturated heterocycles. The van der Waals surface area contributed by atoms with E-state index in [1.807, 2.05) is 30.3 Å². The first-order valence-electron chi connectivity index (χ1n) is 5.86. The van der Waals surface area contributed by atoms with Crippen molar-refractivity contribution in [3.8, 4) is 0 Å². The van der Waals surface area contributed by atoms with Crippen LogP contribution < -0.4 is 0 Å². The molecule has 1 unspecified atom stereocenters. The third-order valence-corrected chi connectivity index (χ3v) is 2.96. The van der Waals surface area contributed by atoms with E-state index in [1.54, 1.807) is 0 Å². The summed E-state index contributed by atoms with van der Waals surface area (Å²) in [7, 11) is 2.98. The van der Waals surface area contributed by atoms with E-state index in [-0.39, 0.29) is 6.54 Å². The van der Waals surface area contributed by atoms with Gasteiger partial charge in [-0.3, -0.25) is 0 Å². The van der Waals surface area contributed by atoms with Crippen LogP contribution in [0.15, 0.2) is 43.0 Å². The van der Waals surface area contributed by atoms with Crippen molar-refractivity contribution in [3.63, 3.8) is 0 Å². The highest BCUT2D eigenvalue weighted by atomic mass is 16.7. The monoisotopic (exact) mass is 263 g/mol. The molecule has 0 aliphatic rings. The van der Waals surface area contributed by atoms with Crippen molar-refractivity contribution in [2.75, 3.05) is 14.2 Å². The van der Waals surface area contributed by atoms with Crippen LogP contribution in [0.25, 0.3) is 0 Å². The van der Waals surface area contributed by atoms with Crippen molar-refractivity contribution in [1.82, 2.24) is 14.8 Å². The SMILES string of the molecule is COC(OC)C(O)(Cn1cncn1)c1ccccc1. The molecule has 0 radical (unpaired) electrons. The van der Waals surface area contributed by atoms with E-state index in [0.717, 1.165) is 0 Å². The Morgan fingerprint density at radius 2 is 1.95 bits per heavy atom. The van der Waals surface area contributed by atoms with Crippen molar-refractivity contribution in [1.29, 1.82) is 0 Å². The summed E-state index contributed by atoms with van der Waals surface area (Å²) in [6, 6.07) is 9.23. The van der Waals surface area contributed by atoms with Gasteiger partial charge in [-0.05, 0) is 5.56 Å². The second-order valence-electron chi connectivity index (χ2n) is 4.19. The first-order valence-corrected chi connectivity index (χ1v) is 5.86. The van der Waals surface area contributed by atoms with Crippen LogP contribution in [0.5, 0.6) is 0 Å². The minimum Gasteiger partial charge on any atom is -0.378 e. The Morgan fingerprint density at radius 3 is 2.47 bits per heavy atom. The average molecular weight is 263 g/mol. The molecular formula is C13H17N3O3. The number of nitrogens with zero attached hydrogens (tertiary/aromatic N) is 3. The summed E-state index contributed by atoms with van der Waals surface area (Å²) < 4.78 is 12.0. The average Bonchev–Trinajstić information content (AvgIpc) is 2.94. The predicted octanol–water partition coefficient (Wildman–Crippen LogP) is 0.785. The molecule has 1 aromatic heterocycles. The van der Waals surface area contributed by atoms with E-state index in [9.17, 15) is 5.11 Å². The van der Waals surface area contributed by atoms with Gasteiger partial charge < -0.3 is 14.6 Å². The highest BCUT2D eigenvalue weighted by Crippen LogP contribution is 2.29. The molecule has 1 atom stereocenters. The van der Waals surface area contributed by atoms with Crippen LogP contribution in [0.1, 0.15) is 5.56 Å². The van der Waals surface area contributed by atoms with Gasteiger partial charge in [0.1, 0.15) is 12.7 Å². The summed E-state index contributed by atoms with van der Waals surface area (Å²) in [4.78, 5) is 3.87. The van der Waals surface area contributed by atoms with E-state index in [2.05, 4.69) is 10.1 Å². The molecule has 0 aliphatic heterocycles. The van der Waals surface area contributed by atoms with Crippen molar-refractivity contribution >= 4 is 0 Å². The molecule has 1 heterocycles. The topological polar surface area (TPSA) is 69.4 Å². The Balaban J connectivity index is 2.37. The molecule has 0 spiro atoms. The van der Waals surface area contributed by atoms with Crippen LogP contribution in [-0.4, -0.2) is 40.4 Å². The van der Waals surface area contributed by atoms with E-state index < -0.39 is 11.9 Å². The molecule has 0 aliphatic carbocycles. The zero-order valence-corrected chi connectivity index (χ0v) is 10.9. The van der Waals surface area contributed by atoms with Gasteiger partial charge in [-0.25, -0.2) is 9.67 Å². The number of hydrogen-bond acceptors (Lipinski definition) is 5. The van der Waals surface area contributed by atoms with Gasteiger partial charge in [-0.1, -0.05) is 30.3 Å². The van der Waals surface area contributed by atoms with Crippen molar-refractivity contribution < 1.29 is 14.6 Å². The molecule has 1 aromatic carbocycles. The second kappa shape index (κ2) is 5.92. The largest absolute Gasteiger partial charge is 0.378 e. The summed E-state index contributed by atoms with van der Waals surface area (Å²) in [5.74, 6) is 0. The molecule has 102 valence electrons. The zero-order valence-electron chi connectivity index (χ0n) is 10.9. The standard InChI is InChI=1S/C13H17N3O3/c1-18-12(19-2)13(17,8-16-10-14-9-15-16)11-6-4-3-5-7-11/h3-7,9-10,12,17H,8H2,1-2H3. The van der Waals surface area contributed by atoms with Crippen molar-refractivity contribution in [3.05, 3.63) is 48.5 Å². The van der Waals surface area contributed by atoms with Crippen LogP contribution in [0.2, 0.25) is 0 Å². The van der Waals surface area contributed by atoms with Gasteiger partial charge in [0, 0.05) is 14.2 Å². The van der Waals surface area contributed by atoms with E-state index in [0.29, 0.717) is 5.56 Å². The summed E-state index contributed by atoms with van der Waals surface area (Å²) in [5.41, 5.74) is -0.655. The highest BCUT2D eigenvalue weighted by molar-refractivity contribution is 5.23. The normalized spacial score (nSPS) is 14.5. The van der Waals surface area contributed by atoms with E-state index >= 15 is 0 Å². The smallest absolute Gasteiger partial charge is 0.191 e. The van der Waals surface area contributed by atoms with Crippen molar-refractivity contribution in [2.45, 2.75) is 18.4 Å². The van der Waals surface area contributed by atoms with Crippen molar-refractivity contribution in [2.24, 2.45) is 0 Å². The fourth-order valence-electron chi connectivity index (χ4n) is 2.08. The summed E-state index contributed by atoms with van der Waals surface area (Å²) >= 11 is 0. The molecule has 0 fully saturated rings. The summed E-state index contributed by atoms with van der Waals surface area (Å²) in [6.45, 7) is 0.184. The number of benzene rings is 1. The maximum atomic E-state index is 11.0. The Morgan fingerprint density at radius 1 is 1.26 bits per heavy atom. The first-order chi connectivity index (χ1) is 9.20. The molecule has 2 aromatic rings. The number of rotatable bonds is 6. The molecule has 1 N–H and O–H groups in total. The molecule has 0 amide bonds. The molecule has 6 heteroatoms. The third-order valence-electron chi connectivity index (χ3n) is 2.96. The molecule has 19 heavy (non-hydrogen) atoms.